The van der Waals surface area contributed by atoms with E-state index in [1.54, 1.807) is 23.1 Å². The molecule has 2 rings (SSSR count). The van der Waals surface area contributed by atoms with Gasteiger partial charge in [-0.05, 0) is 19.4 Å². The SMILES string of the molecule is Cc1cccc(C(Sc2nccs2)C(C)N)c1. The molecular formula is C13H16N2S2. The summed E-state index contributed by atoms with van der Waals surface area (Å²) in [5, 5.41) is 2.26. The van der Waals surface area contributed by atoms with E-state index in [1.807, 2.05) is 18.5 Å². The fourth-order valence-electron chi connectivity index (χ4n) is 1.70. The fourth-order valence-corrected chi connectivity index (χ4v) is 3.60. The highest BCUT2D eigenvalue weighted by Crippen LogP contribution is 2.38. The molecule has 0 aliphatic heterocycles. The van der Waals surface area contributed by atoms with E-state index in [0.29, 0.717) is 0 Å². The van der Waals surface area contributed by atoms with E-state index >= 15 is 0 Å². The molecule has 0 saturated heterocycles. The van der Waals surface area contributed by atoms with Crippen LogP contribution in [0.1, 0.15) is 23.3 Å². The molecule has 0 amide bonds. The molecule has 90 valence electrons. The van der Waals surface area contributed by atoms with Gasteiger partial charge in [-0.15, -0.1) is 11.3 Å². The summed E-state index contributed by atoms with van der Waals surface area (Å²) in [5.41, 5.74) is 8.64. The number of thioether (sulfide) groups is 1. The van der Waals surface area contributed by atoms with Gasteiger partial charge in [0.15, 0.2) is 0 Å². The molecule has 4 heteroatoms. The van der Waals surface area contributed by atoms with Crippen molar-refractivity contribution in [2.75, 3.05) is 0 Å². The van der Waals surface area contributed by atoms with E-state index in [9.17, 15) is 0 Å². The van der Waals surface area contributed by atoms with Gasteiger partial charge >= 0.3 is 0 Å². The minimum Gasteiger partial charge on any atom is -0.327 e. The van der Waals surface area contributed by atoms with Crippen molar-refractivity contribution in [1.29, 1.82) is 0 Å². The van der Waals surface area contributed by atoms with Crippen molar-refractivity contribution in [1.82, 2.24) is 4.98 Å². The molecule has 2 aromatic rings. The number of benzene rings is 1. The Labute approximate surface area is 110 Å². The van der Waals surface area contributed by atoms with E-state index in [0.717, 1.165) is 4.34 Å². The van der Waals surface area contributed by atoms with Gasteiger partial charge in [0.05, 0.1) is 5.25 Å². The van der Waals surface area contributed by atoms with Gasteiger partial charge in [0.25, 0.3) is 0 Å². The first-order chi connectivity index (χ1) is 8.16. The molecule has 17 heavy (non-hydrogen) atoms. The molecule has 0 radical (unpaired) electrons. The Hall–Kier alpha value is -0.840. The van der Waals surface area contributed by atoms with Crippen LogP contribution in [0.15, 0.2) is 40.2 Å². The first kappa shape index (κ1) is 12.6. The molecule has 2 atom stereocenters. The molecule has 0 saturated carbocycles. The molecule has 2 N–H and O–H groups in total. The normalized spacial score (nSPS) is 14.5. The summed E-state index contributed by atoms with van der Waals surface area (Å²) in [6, 6.07) is 8.64. The number of aromatic nitrogens is 1. The summed E-state index contributed by atoms with van der Waals surface area (Å²) in [5.74, 6) is 0. The third-order valence-electron chi connectivity index (χ3n) is 2.49. The molecule has 0 fully saturated rings. The lowest BCUT2D eigenvalue weighted by atomic mass is 10.0. The predicted molar refractivity (Wildman–Crippen MR) is 75.5 cm³/mol. The van der Waals surface area contributed by atoms with Gasteiger partial charge in [-0.1, -0.05) is 41.6 Å². The van der Waals surface area contributed by atoms with Crippen molar-refractivity contribution < 1.29 is 0 Å². The summed E-state index contributed by atoms with van der Waals surface area (Å²) < 4.78 is 1.08. The lowest BCUT2D eigenvalue weighted by Crippen LogP contribution is -2.22. The van der Waals surface area contributed by atoms with Gasteiger partial charge in [0, 0.05) is 17.6 Å². The largest absolute Gasteiger partial charge is 0.327 e. The number of aryl methyl sites for hydroxylation is 1. The van der Waals surface area contributed by atoms with E-state index < -0.39 is 0 Å². The number of thiazole rings is 1. The molecule has 0 spiro atoms. The first-order valence-electron chi connectivity index (χ1n) is 5.55. The van der Waals surface area contributed by atoms with Crippen LogP contribution >= 0.6 is 23.1 Å². The summed E-state index contributed by atoms with van der Waals surface area (Å²) >= 11 is 3.41. The second-order valence-electron chi connectivity index (χ2n) is 4.11. The second kappa shape index (κ2) is 5.67. The molecular weight excluding hydrogens is 248 g/mol. The predicted octanol–water partition coefficient (Wildman–Crippen LogP) is 3.63. The molecule has 1 heterocycles. The van der Waals surface area contributed by atoms with Gasteiger partial charge in [-0.2, -0.15) is 0 Å². The van der Waals surface area contributed by atoms with E-state index in [4.69, 9.17) is 5.73 Å². The molecule has 2 nitrogen and oxygen atoms in total. The standard InChI is InChI=1S/C13H16N2S2/c1-9-4-3-5-11(8-9)12(10(2)14)17-13-15-6-7-16-13/h3-8,10,12H,14H2,1-2H3. The zero-order valence-corrected chi connectivity index (χ0v) is 11.6. The summed E-state index contributed by atoms with van der Waals surface area (Å²) in [7, 11) is 0. The van der Waals surface area contributed by atoms with Crippen molar-refractivity contribution >= 4 is 23.1 Å². The summed E-state index contributed by atoms with van der Waals surface area (Å²) in [6.45, 7) is 4.16. The van der Waals surface area contributed by atoms with Crippen LogP contribution < -0.4 is 5.73 Å². The maximum absolute atomic E-state index is 6.09. The highest BCUT2D eigenvalue weighted by atomic mass is 32.2. The topological polar surface area (TPSA) is 38.9 Å². The van der Waals surface area contributed by atoms with E-state index in [1.165, 1.54) is 11.1 Å². The highest BCUT2D eigenvalue weighted by molar-refractivity contribution is 8.01. The Balaban J connectivity index is 2.23. The van der Waals surface area contributed by atoms with Crippen molar-refractivity contribution in [3.05, 3.63) is 47.0 Å². The Morgan fingerprint density at radius 1 is 1.41 bits per heavy atom. The fraction of sp³-hybridized carbons (Fsp3) is 0.308. The summed E-state index contributed by atoms with van der Waals surface area (Å²) in [6.07, 6.45) is 1.83. The van der Waals surface area contributed by atoms with Crippen LogP contribution in [0, 0.1) is 6.92 Å². The van der Waals surface area contributed by atoms with Gasteiger partial charge in [0.2, 0.25) is 0 Å². The highest BCUT2D eigenvalue weighted by Gasteiger charge is 2.18. The van der Waals surface area contributed by atoms with E-state index in [2.05, 4.69) is 36.2 Å². The van der Waals surface area contributed by atoms with Gasteiger partial charge in [0.1, 0.15) is 4.34 Å². The van der Waals surface area contributed by atoms with Gasteiger partial charge < -0.3 is 5.73 Å². The maximum Gasteiger partial charge on any atom is 0.150 e. The van der Waals surface area contributed by atoms with Gasteiger partial charge in [-0.3, -0.25) is 0 Å². The molecule has 0 aliphatic rings. The second-order valence-corrected chi connectivity index (χ2v) is 6.39. The molecule has 1 aromatic heterocycles. The van der Waals surface area contributed by atoms with Gasteiger partial charge in [-0.25, -0.2) is 4.98 Å². The van der Waals surface area contributed by atoms with Crippen molar-refractivity contribution in [2.45, 2.75) is 29.5 Å². The summed E-state index contributed by atoms with van der Waals surface area (Å²) in [4.78, 5) is 4.31. The molecule has 2 unspecified atom stereocenters. The minimum absolute atomic E-state index is 0.102. The van der Waals surface area contributed by atoms with Crippen LogP contribution in [0.2, 0.25) is 0 Å². The maximum atomic E-state index is 6.09. The van der Waals surface area contributed by atoms with Crippen LogP contribution in [0.25, 0.3) is 0 Å². The number of hydrogen-bond donors (Lipinski definition) is 1. The van der Waals surface area contributed by atoms with Crippen LogP contribution in [-0.2, 0) is 0 Å². The molecule has 1 aromatic carbocycles. The number of rotatable bonds is 4. The van der Waals surface area contributed by atoms with Crippen LogP contribution in [0.5, 0.6) is 0 Å². The first-order valence-corrected chi connectivity index (χ1v) is 7.31. The lowest BCUT2D eigenvalue weighted by Gasteiger charge is -2.19. The third kappa shape index (κ3) is 3.31. The molecule has 0 bridgehead atoms. The quantitative estimate of drug-likeness (QED) is 0.857. The smallest absolute Gasteiger partial charge is 0.150 e. The monoisotopic (exact) mass is 264 g/mol. The Morgan fingerprint density at radius 3 is 2.82 bits per heavy atom. The number of nitrogens with two attached hydrogens (primary N) is 1. The Bertz CT molecular complexity index is 466. The zero-order chi connectivity index (χ0) is 12.3. The van der Waals surface area contributed by atoms with Crippen molar-refractivity contribution in [2.24, 2.45) is 5.73 Å². The minimum atomic E-state index is 0.102. The zero-order valence-electron chi connectivity index (χ0n) is 9.96. The Kier molecular flexibility index (Phi) is 4.20. The van der Waals surface area contributed by atoms with Crippen LogP contribution in [0.4, 0.5) is 0 Å². The average Bonchev–Trinajstić information content (AvgIpc) is 2.78. The van der Waals surface area contributed by atoms with Crippen molar-refractivity contribution in [3.8, 4) is 0 Å². The van der Waals surface area contributed by atoms with Crippen molar-refractivity contribution in [3.63, 3.8) is 0 Å². The lowest BCUT2D eigenvalue weighted by molar-refractivity contribution is 0.720. The third-order valence-corrected chi connectivity index (χ3v) is 4.89. The van der Waals surface area contributed by atoms with E-state index in [-0.39, 0.29) is 11.3 Å². The number of nitrogens with zero attached hydrogens (tertiary/aromatic N) is 1. The Morgan fingerprint density at radius 2 is 2.24 bits per heavy atom. The average molecular weight is 264 g/mol. The van der Waals surface area contributed by atoms with Crippen LogP contribution in [0.3, 0.4) is 0 Å². The van der Waals surface area contributed by atoms with Crippen LogP contribution in [-0.4, -0.2) is 11.0 Å². The number of hydrogen-bond acceptors (Lipinski definition) is 4. The molecule has 0 aliphatic carbocycles.